The van der Waals surface area contributed by atoms with E-state index < -0.39 is 0 Å². The summed E-state index contributed by atoms with van der Waals surface area (Å²) in [6.07, 6.45) is 11.6. The van der Waals surface area contributed by atoms with Gasteiger partial charge in [0.15, 0.2) is 0 Å². The van der Waals surface area contributed by atoms with Gasteiger partial charge in [-0.1, -0.05) is 12.8 Å². The molecule has 2 aliphatic rings. The second-order valence-electron chi connectivity index (χ2n) is 7.23. The molecule has 1 aromatic rings. The Morgan fingerprint density at radius 3 is 2.92 bits per heavy atom. The van der Waals surface area contributed by atoms with Gasteiger partial charge in [-0.15, -0.1) is 0 Å². The number of nitrogens with zero attached hydrogens (tertiary/aromatic N) is 3. The molecule has 1 aromatic heterocycles. The Balaban J connectivity index is 1.53. The molecule has 1 saturated carbocycles. The van der Waals surface area contributed by atoms with Crippen molar-refractivity contribution in [3.8, 4) is 0 Å². The number of carbonyl (C=O) groups excluding carboxylic acids is 1. The topological polar surface area (TPSA) is 59.4 Å². The fourth-order valence-electron chi connectivity index (χ4n) is 4.06. The quantitative estimate of drug-likeness (QED) is 0.919. The number of piperidine rings is 1. The number of methoxy groups -OCH3 is 1. The molecule has 2 heterocycles. The maximum absolute atomic E-state index is 12.7. The molecule has 3 rings (SSSR count). The van der Waals surface area contributed by atoms with E-state index in [2.05, 4.69) is 14.9 Å². The molecule has 1 aliphatic carbocycles. The smallest absolute Gasteiger partial charge is 0.317 e. The van der Waals surface area contributed by atoms with E-state index in [1.165, 1.54) is 19.3 Å². The van der Waals surface area contributed by atoms with Crippen molar-refractivity contribution in [3.05, 3.63) is 18.2 Å². The van der Waals surface area contributed by atoms with Gasteiger partial charge in [-0.05, 0) is 31.6 Å². The lowest BCUT2D eigenvalue weighted by atomic mass is 9.92. The lowest BCUT2D eigenvalue weighted by Crippen LogP contribution is -2.53. The van der Waals surface area contributed by atoms with Crippen molar-refractivity contribution < 1.29 is 9.53 Å². The van der Waals surface area contributed by atoms with E-state index in [0.717, 1.165) is 44.6 Å². The molecule has 2 fully saturated rings. The summed E-state index contributed by atoms with van der Waals surface area (Å²) in [7, 11) is 3.78. The van der Waals surface area contributed by atoms with Crippen molar-refractivity contribution in [2.75, 3.05) is 20.2 Å². The summed E-state index contributed by atoms with van der Waals surface area (Å²) in [6, 6.07) is 0.236. The van der Waals surface area contributed by atoms with Crippen molar-refractivity contribution in [3.63, 3.8) is 0 Å². The molecule has 2 amide bonds. The number of ether oxygens (including phenoxy) is 1. The molecule has 1 N–H and O–H groups in total. The first-order valence-corrected chi connectivity index (χ1v) is 9.22. The normalized spacial score (nSPS) is 27.9. The van der Waals surface area contributed by atoms with E-state index in [1.807, 2.05) is 24.3 Å². The molecular formula is C18H30N4O2. The minimum Gasteiger partial charge on any atom is -0.379 e. The summed E-state index contributed by atoms with van der Waals surface area (Å²) >= 11 is 0. The Morgan fingerprint density at radius 2 is 2.17 bits per heavy atom. The molecule has 1 aliphatic heterocycles. The number of carbonyl (C=O) groups is 1. The summed E-state index contributed by atoms with van der Waals surface area (Å²) < 4.78 is 7.63. The molecular weight excluding hydrogens is 304 g/mol. The third-order valence-electron chi connectivity index (χ3n) is 5.51. The number of urea groups is 1. The predicted octanol–water partition coefficient (Wildman–Crippen LogP) is 2.34. The number of imidazole rings is 1. The first-order valence-electron chi connectivity index (χ1n) is 9.22. The van der Waals surface area contributed by atoms with Gasteiger partial charge in [0, 0.05) is 46.1 Å². The van der Waals surface area contributed by atoms with E-state index in [1.54, 1.807) is 7.11 Å². The minimum absolute atomic E-state index is 0.0773. The van der Waals surface area contributed by atoms with Crippen LogP contribution in [0.3, 0.4) is 0 Å². The summed E-state index contributed by atoms with van der Waals surface area (Å²) in [5.41, 5.74) is 0. The number of aryl methyl sites for hydroxylation is 1. The highest BCUT2D eigenvalue weighted by atomic mass is 16.5. The van der Waals surface area contributed by atoms with Crippen LogP contribution in [0.1, 0.15) is 44.3 Å². The highest BCUT2D eigenvalue weighted by molar-refractivity contribution is 5.74. The van der Waals surface area contributed by atoms with Crippen LogP contribution in [-0.2, 0) is 18.2 Å². The average Bonchev–Trinajstić information content (AvgIpc) is 3.00. The maximum Gasteiger partial charge on any atom is 0.317 e. The zero-order valence-electron chi connectivity index (χ0n) is 14.9. The van der Waals surface area contributed by atoms with E-state index in [-0.39, 0.29) is 18.2 Å². The third kappa shape index (κ3) is 4.09. The van der Waals surface area contributed by atoms with E-state index in [9.17, 15) is 4.79 Å². The van der Waals surface area contributed by atoms with Gasteiger partial charge in [0.05, 0.1) is 12.1 Å². The number of nitrogens with one attached hydrogen (secondary N) is 1. The van der Waals surface area contributed by atoms with Crippen molar-refractivity contribution in [2.45, 2.75) is 57.1 Å². The molecule has 134 valence electrons. The van der Waals surface area contributed by atoms with E-state index in [0.29, 0.717) is 5.92 Å². The molecule has 0 bridgehead atoms. The van der Waals surface area contributed by atoms with Gasteiger partial charge in [0.2, 0.25) is 0 Å². The molecule has 0 unspecified atom stereocenters. The molecule has 3 atom stereocenters. The fraction of sp³-hybridized carbons (Fsp3) is 0.778. The van der Waals surface area contributed by atoms with Crippen LogP contribution in [0, 0.1) is 5.92 Å². The standard InChI is InChI=1S/C18H30N4O2/c1-21-11-9-19-17(21)12-14-6-5-10-22(13-14)18(23)20-15-7-3-4-8-16(15)24-2/h9,11,14-16H,3-8,10,12-13H2,1-2H3,(H,20,23)/t14-,15-,16+/m0/s1. The minimum atomic E-state index is 0.0773. The van der Waals surface area contributed by atoms with Crippen LogP contribution in [0.4, 0.5) is 4.79 Å². The number of hydrogen-bond donors (Lipinski definition) is 1. The van der Waals surface area contributed by atoms with E-state index in [4.69, 9.17) is 4.74 Å². The number of rotatable bonds is 4. The van der Waals surface area contributed by atoms with Gasteiger partial charge in [-0.3, -0.25) is 0 Å². The van der Waals surface area contributed by atoms with Crippen LogP contribution in [0.15, 0.2) is 12.4 Å². The van der Waals surface area contributed by atoms with Gasteiger partial charge in [0.25, 0.3) is 0 Å². The highest BCUT2D eigenvalue weighted by Gasteiger charge is 2.30. The monoisotopic (exact) mass is 334 g/mol. The van der Waals surface area contributed by atoms with Gasteiger partial charge in [-0.25, -0.2) is 9.78 Å². The van der Waals surface area contributed by atoms with Gasteiger partial charge in [-0.2, -0.15) is 0 Å². The molecule has 6 heteroatoms. The van der Waals surface area contributed by atoms with Gasteiger partial charge >= 0.3 is 6.03 Å². The second-order valence-corrected chi connectivity index (χ2v) is 7.23. The molecule has 6 nitrogen and oxygen atoms in total. The van der Waals surface area contributed by atoms with Crippen LogP contribution in [-0.4, -0.2) is 52.8 Å². The van der Waals surface area contributed by atoms with Crippen molar-refractivity contribution >= 4 is 6.03 Å². The molecule has 0 aromatic carbocycles. The zero-order chi connectivity index (χ0) is 16.9. The number of amides is 2. The summed E-state index contributed by atoms with van der Waals surface area (Å²) in [4.78, 5) is 19.1. The molecule has 0 spiro atoms. The first kappa shape index (κ1) is 17.3. The van der Waals surface area contributed by atoms with Crippen molar-refractivity contribution in [1.82, 2.24) is 19.8 Å². The lowest BCUT2D eigenvalue weighted by molar-refractivity contribution is 0.0421. The second kappa shape index (κ2) is 8.01. The van der Waals surface area contributed by atoms with Gasteiger partial charge < -0.3 is 19.5 Å². The summed E-state index contributed by atoms with van der Waals surface area (Å²) in [5.74, 6) is 1.60. The third-order valence-corrected chi connectivity index (χ3v) is 5.51. The Hall–Kier alpha value is -1.56. The van der Waals surface area contributed by atoms with Crippen LogP contribution < -0.4 is 5.32 Å². The number of likely N-dealkylation sites (tertiary alicyclic amines) is 1. The highest BCUT2D eigenvalue weighted by Crippen LogP contribution is 2.23. The van der Waals surface area contributed by atoms with Crippen molar-refractivity contribution in [1.29, 1.82) is 0 Å². The Bertz CT molecular complexity index is 545. The van der Waals surface area contributed by atoms with Crippen LogP contribution >= 0.6 is 0 Å². The summed E-state index contributed by atoms with van der Waals surface area (Å²) in [6.45, 7) is 1.68. The van der Waals surface area contributed by atoms with Crippen molar-refractivity contribution in [2.24, 2.45) is 13.0 Å². The molecule has 1 saturated heterocycles. The average molecular weight is 334 g/mol. The molecule has 24 heavy (non-hydrogen) atoms. The largest absolute Gasteiger partial charge is 0.379 e. The summed E-state index contributed by atoms with van der Waals surface area (Å²) in [5, 5.41) is 3.22. The maximum atomic E-state index is 12.7. The van der Waals surface area contributed by atoms with Gasteiger partial charge in [0.1, 0.15) is 5.82 Å². The Morgan fingerprint density at radius 1 is 1.33 bits per heavy atom. The first-order chi connectivity index (χ1) is 11.7. The van der Waals surface area contributed by atoms with E-state index >= 15 is 0 Å². The van der Waals surface area contributed by atoms with Crippen LogP contribution in [0.5, 0.6) is 0 Å². The van der Waals surface area contributed by atoms with Crippen LogP contribution in [0.25, 0.3) is 0 Å². The Kier molecular flexibility index (Phi) is 5.76. The SMILES string of the molecule is CO[C@@H]1CCCC[C@@H]1NC(=O)N1CCC[C@@H](Cc2nccn2C)C1. The zero-order valence-corrected chi connectivity index (χ0v) is 14.9. The molecule has 0 radical (unpaired) electrons. The fourth-order valence-corrected chi connectivity index (χ4v) is 4.06. The predicted molar refractivity (Wildman–Crippen MR) is 92.8 cm³/mol. The number of hydrogen-bond acceptors (Lipinski definition) is 3. The van der Waals surface area contributed by atoms with Crippen LogP contribution in [0.2, 0.25) is 0 Å². The lowest BCUT2D eigenvalue weighted by Gasteiger charge is -2.36. The Labute approximate surface area is 144 Å². The number of aromatic nitrogens is 2.